The zero-order valence-corrected chi connectivity index (χ0v) is 12.3. The normalized spacial score (nSPS) is 11.4. The second kappa shape index (κ2) is 5.87. The van der Waals surface area contributed by atoms with Gasteiger partial charge in [-0.1, -0.05) is 45.8 Å². The summed E-state index contributed by atoms with van der Waals surface area (Å²) in [7, 11) is 0. The van der Waals surface area contributed by atoms with Gasteiger partial charge in [-0.15, -0.1) is 0 Å². The molecule has 0 saturated heterocycles. The van der Waals surface area contributed by atoms with Gasteiger partial charge in [0.15, 0.2) is 0 Å². The van der Waals surface area contributed by atoms with E-state index in [2.05, 4.69) is 21.2 Å². The molecule has 1 N–H and O–H groups in total. The molecule has 2 aromatic carbocycles. The number of hydrogen-bond donors (Lipinski definition) is 1. The zero-order valence-electron chi connectivity index (χ0n) is 10.8. The Labute approximate surface area is 123 Å². The summed E-state index contributed by atoms with van der Waals surface area (Å²) in [5.41, 5.74) is 1.92. The predicted octanol–water partition coefficient (Wildman–Crippen LogP) is 5.39. The molecule has 0 atom stereocenters. The molecule has 1 nitrogen and oxygen atoms in total. The Morgan fingerprint density at radius 1 is 1.10 bits per heavy atom. The quantitative estimate of drug-likeness (QED) is 0.787. The average Bonchev–Trinajstić information content (AvgIpc) is 2.36. The molecule has 0 spiro atoms. The molecule has 5 heteroatoms. The van der Waals surface area contributed by atoms with Crippen molar-refractivity contribution in [2.75, 3.05) is 5.32 Å². The molecule has 0 aliphatic rings. The maximum Gasteiger partial charge on any atom is 0.417 e. The number of benzene rings is 2. The summed E-state index contributed by atoms with van der Waals surface area (Å²) in [5, 5.41) is 3.01. The Hall–Kier alpha value is -1.49. The number of nitrogens with one attached hydrogen (secondary N) is 1. The van der Waals surface area contributed by atoms with Crippen LogP contribution in [0.4, 0.5) is 18.9 Å². The third kappa shape index (κ3) is 3.76. The van der Waals surface area contributed by atoms with E-state index in [1.807, 2.05) is 31.2 Å². The molecule has 20 heavy (non-hydrogen) atoms. The van der Waals surface area contributed by atoms with Gasteiger partial charge in [-0.3, -0.25) is 0 Å². The first-order valence-electron chi connectivity index (χ1n) is 6.02. The smallest absolute Gasteiger partial charge is 0.381 e. The first-order chi connectivity index (χ1) is 9.36. The Bertz CT molecular complexity index is 608. The second-order valence-electron chi connectivity index (χ2n) is 4.53. The van der Waals surface area contributed by atoms with Crippen LogP contribution in [0, 0.1) is 6.92 Å². The number of aryl methyl sites for hydroxylation is 1. The minimum absolute atomic E-state index is 0.0473. The minimum atomic E-state index is -4.36. The Kier molecular flexibility index (Phi) is 4.38. The molecule has 0 bridgehead atoms. The van der Waals surface area contributed by atoms with Gasteiger partial charge in [-0.05, 0) is 30.7 Å². The van der Waals surface area contributed by atoms with Gasteiger partial charge in [-0.25, -0.2) is 0 Å². The monoisotopic (exact) mass is 343 g/mol. The topological polar surface area (TPSA) is 12.0 Å². The lowest BCUT2D eigenvalue weighted by Gasteiger charge is -2.12. The summed E-state index contributed by atoms with van der Waals surface area (Å²) in [6, 6.07) is 12.0. The fourth-order valence-corrected chi connectivity index (χ4v) is 2.35. The molecule has 0 aliphatic carbocycles. The molecule has 0 heterocycles. The van der Waals surface area contributed by atoms with Crippen LogP contribution >= 0.6 is 15.9 Å². The highest BCUT2D eigenvalue weighted by Crippen LogP contribution is 2.36. The van der Waals surface area contributed by atoms with Crippen LogP contribution in [0.25, 0.3) is 0 Å². The van der Waals surface area contributed by atoms with Gasteiger partial charge >= 0.3 is 6.18 Å². The number of anilines is 1. The van der Waals surface area contributed by atoms with E-state index in [0.717, 1.165) is 17.2 Å². The average molecular weight is 344 g/mol. The summed E-state index contributed by atoms with van der Waals surface area (Å²) < 4.78 is 38.4. The van der Waals surface area contributed by atoms with Crippen LogP contribution < -0.4 is 5.32 Å². The van der Waals surface area contributed by atoms with Crippen LogP contribution in [0.2, 0.25) is 0 Å². The Morgan fingerprint density at radius 3 is 2.50 bits per heavy atom. The fraction of sp³-hybridized carbons (Fsp3) is 0.200. The molecule has 2 aromatic rings. The van der Waals surface area contributed by atoms with Gasteiger partial charge in [0.1, 0.15) is 0 Å². The summed E-state index contributed by atoms with van der Waals surface area (Å²) >= 11 is 2.92. The fourth-order valence-electron chi connectivity index (χ4n) is 1.88. The SMILES string of the molecule is Cc1cccc(CNc2ccc(Br)c(C(F)(F)F)c2)c1. The number of alkyl halides is 3. The predicted molar refractivity (Wildman–Crippen MR) is 77.6 cm³/mol. The number of hydrogen-bond acceptors (Lipinski definition) is 1. The van der Waals surface area contributed by atoms with E-state index in [0.29, 0.717) is 12.2 Å². The molecule has 0 aromatic heterocycles. The van der Waals surface area contributed by atoms with Crippen molar-refractivity contribution >= 4 is 21.6 Å². The van der Waals surface area contributed by atoms with Crippen LogP contribution in [0.1, 0.15) is 16.7 Å². The highest BCUT2D eigenvalue weighted by Gasteiger charge is 2.33. The summed E-state index contributed by atoms with van der Waals surface area (Å²) in [6.07, 6.45) is -4.36. The highest BCUT2D eigenvalue weighted by molar-refractivity contribution is 9.10. The molecule has 0 unspecified atom stereocenters. The highest BCUT2D eigenvalue weighted by atomic mass is 79.9. The van der Waals surface area contributed by atoms with Crippen LogP contribution in [-0.4, -0.2) is 0 Å². The van der Waals surface area contributed by atoms with Crippen LogP contribution in [0.15, 0.2) is 46.9 Å². The second-order valence-corrected chi connectivity index (χ2v) is 5.39. The van der Waals surface area contributed by atoms with Crippen molar-refractivity contribution in [3.8, 4) is 0 Å². The van der Waals surface area contributed by atoms with Crippen molar-refractivity contribution in [1.29, 1.82) is 0 Å². The molecule has 0 saturated carbocycles. The van der Waals surface area contributed by atoms with Crippen molar-refractivity contribution in [1.82, 2.24) is 0 Å². The molecule has 0 fully saturated rings. The summed E-state index contributed by atoms with van der Waals surface area (Å²) in [4.78, 5) is 0. The lowest BCUT2D eigenvalue weighted by molar-refractivity contribution is -0.138. The van der Waals surface area contributed by atoms with Gasteiger partial charge in [0.2, 0.25) is 0 Å². The first-order valence-corrected chi connectivity index (χ1v) is 6.82. The third-order valence-corrected chi connectivity index (χ3v) is 3.54. The van der Waals surface area contributed by atoms with Gasteiger partial charge in [0.25, 0.3) is 0 Å². The van der Waals surface area contributed by atoms with Gasteiger partial charge < -0.3 is 5.32 Å². The maximum absolute atomic E-state index is 12.8. The largest absolute Gasteiger partial charge is 0.417 e. The third-order valence-electron chi connectivity index (χ3n) is 2.85. The first kappa shape index (κ1) is 14.9. The zero-order chi connectivity index (χ0) is 14.8. The van der Waals surface area contributed by atoms with E-state index in [9.17, 15) is 13.2 Å². The van der Waals surface area contributed by atoms with Gasteiger partial charge in [0, 0.05) is 16.7 Å². The Morgan fingerprint density at radius 2 is 1.85 bits per heavy atom. The molecule has 0 radical (unpaired) electrons. The van der Waals surface area contributed by atoms with Crippen LogP contribution in [-0.2, 0) is 12.7 Å². The van der Waals surface area contributed by atoms with E-state index in [-0.39, 0.29) is 4.47 Å². The standard InChI is InChI=1S/C15H13BrF3N/c1-10-3-2-4-11(7-10)9-20-12-5-6-14(16)13(8-12)15(17,18)19/h2-8,20H,9H2,1H3. The van der Waals surface area contributed by atoms with E-state index in [4.69, 9.17) is 0 Å². The van der Waals surface area contributed by atoms with Crippen molar-refractivity contribution in [2.45, 2.75) is 19.6 Å². The molecule has 106 valence electrons. The van der Waals surface area contributed by atoms with Gasteiger partial charge in [0.05, 0.1) is 5.56 Å². The minimum Gasteiger partial charge on any atom is -0.381 e. The number of halogens is 4. The maximum atomic E-state index is 12.8. The van der Waals surface area contributed by atoms with Crippen molar-refractivity contribution in [2.24, 2.45) is 0 Å². The van der Waals surface area contributed by atoms with E-state index < -0.39 is 11.7 Å². The summed E-state index contributed by atoms with van der Waals surface area (Å²) in [6.45, 7) is 2.46. The van der Waals surface area contributed by atoms with Crippen molar-refractivity contribution in [3.05, 3.63) is 63.6 Å². The Balaban J connectivity index is 2.14. The molecule has 0 aliphatic heterocycles. The van der Waals surface area contributed by atoms with Crippen molar-refractivity contribution in [3.63, 3.8) is 0 Å². The van der Waals surface area contributed by atoms with E-state index in [1.165, 1.54) is 6.07 Å². The molecule has 2 rings (SSSR count). The lowest BCUT2D eigenvalue weighted by Crippen LogP contribution is -2.07. The van der Waals surface area contributed by atoms with Crippen molar-refractivity contribution < 1.29 is 13.2 Å². The summed E-state index contributed by atoms with van der Waals surface area (Å²) in [5.74, 6) is 0. The lowest BCUT2D eigenvalue weighted by atomic mass is 10.1. The number of rotatable bonds is 3. The van der Waals surface area contributed by atoms with Crippen LogP contribution in [0.5, 0.6) is 0 Å². The molecular weight excluding hydrogens is 331 g/mol. The van der Waals surface area contributed by atoms with Crippen LogP contribution in [0.3, 0.4) is 0 Å². The molecular formula is C15H13BrF3N. The molecule has 0 amide bonds. The van der Waals surface area contributed by atoms with E-state index in [1.54, 1.807) is 6.07 Å². The van der Waals surface area contributed by atoms with Gasteiger partial charge in [-0.2, -0.15) is 13.2 Å². The van der Waals surface area contributed by atoms with E-state index >= 15 is 0 Å².